The summed E-state index contributed by atoms with van der Waals surface area (Å²) in [6.07, 6.45) is 1.79. The maximum atomic E-state index is 14.2. The van der Waals surface area contributed by atoms with E-state index < -0.39 is 17.6 Å². The van der Waals surface area contributed by atoms with E-state index in [1.165, 1.54) is 17.7 Å². The van der Waals surface area contributed by atoms with Gasteiger partial charge in [0.05, 0.1) is 5.52 Å². The van der Waals surface area contributed by atoms with Crippen molar-refractivity contribution in [3.05, 3.63) is 89.9 Å². The summed E-state index contributed by atoms with van der Waals surface area (Å²) in [5.74, 6) is -0.161. The Morgan fingerprint density at radius 1 is 0.950 bits per heavy atom. The lowest BCUT2D eigenvalue weighted by Crippen LogP contribution is -2.45. The van der Waals surface area contributed by atoms with E-state index in [0.717, 1.165) is 17.7 Å². The van der Waals surface area contributed by atoms with Crippen LogP contribution in [0.4, 0.5) is 10.1 Å². The minimum absolute atomic E-state index is 0.0926. The molecule has 0 bridgehead atoms. The van der Waals surface area contributed by atoms with Gasteiger partial charge in [0.1, 0.15) is 36.1 Å². The standard InChI is InChI=1S/C31H31FN4O4/c1-19(2)20-6-12-24(13-7-20)40-25-14-10-23(11-15-25)34-29(38)18-36(17-28(37)33-22-8-9-22)31(39)27-16-21-4-3-5-26(32)30(21)35-27/h3-7,10-16,19,22,35H,8-9,17-18H2,1-2H3,(H,33,37)(H,34,38). The summed E-state index contributed by atoms with van der Waals surface area (Å²) in [4.78, 5) is 42.7. The van der Waals surface area contributed by atoms with Crippen molar-refractivity contribution in [2.45, 2.75) is 38.6 Å². The molecule has 1 aromatic heterocycles. The minimum Gasteiger partial charge on any atom is -0.457 e. The number of para-hydroxylation sites is 1. The number of anilines is 1. The molecule has 206 valence electrons. The fourth-order valence-corrected chi connectivity index (χ4v) is 4.32. The summed E-state index contributed by atoms with van der Waals surface area (Å²) in [6.45, 7) is 3.59. The van der Waals surface area contributed by atoms with Gasteiger partial charge < -0.3 is 25.3 Å². The van der Waals surface area contributed by atoms with Crippen LogP contribution < -0.4 is 15.4 Å². The number of amides is 3. The number of carbonyl (C=O) groups excluding carboxylic acids is 3. The van der Waals surface area contributed by atoms with Crippen molar-refractivity contribution in [3.63, 3.8) is 0 Å². The molecule has 1 fully saturated rings. The maximum Gasteiger partial charge on any atom is 0.271 e. The van der Waals surface area contributed by atoms with Gasteiger partial charge in [0.2, 0.25) is 11.8 Å². The number of nitrogens with one attached hydrogen (secondary N) is 3. The topological polar surface area (TPSA) is 104 Å². The van der Waals surface area contributed by atoms with E-state index in [4.69, 9.17) is 4.74 Å². The Hall–Kier alpha value is -4.66. The Morgan fingerprint density at radius 2 is 1.60 bits per heavy atom. The molecule has 9 heteroatoms. The Labute approximate surface area is 231 Å². The van der Waals surface area contributed by atoms with Crippen LogP contribution >= 0.6 is 0 Å². The van der Waals surface area contributed by atoms with Crippen LogP contribution in [0.1, 0.15) is 48.7 Å². The lowest BCUT2D eigenvalue weighted by molar-refractivity contribution is -0.122. The first-order chi connectivity index (χ1) is 19.2. The SMILES string of the molecule is CC(C)c1ccc(Oc2ccc(NC(=O)CN(CC(=O)NC3CC3)C(=O)c3cc4cccc(F)c4[nH]3)cc2)cc1. The Morgan fingerprint density at radius 3 is 2.23 bits per heavy atom. The van der Waals surface area contributed by atoms with Crippen LogP contribution in [0.15, 0.2) is 72.8 Å². The number of halogens is 1. The van der Waals surface area contributed by atoms with Gasteiger partial charge in [-0.15, -0.1) is 0 Å². The predicted octanol–water partition coefficient (Wildman–Crippen LogP) is 5.58. The molecule has 0 aliphatic heterocycles. The number of aromatic nitrogens is 1. The van der Waals surface area contributed by atoms with Crippen LogP contribution in [0, 0.1) is 5.82 Å². The molecule has 4 aromatic rings. The molecule has 1 heterocycles. The number of ether oxygens (including phenoxy) is 1. The van der Waals surface area contributed by atoms with Gasteiger partial charge >= 0.3 is 0 Å². The van der Waals surface area contributed by atoms with E-state index >= 15 is 0 Å². The Balaban J connectivity index is 1.24. The van der Waals surface area contributed by atoms with Crippen molar-refractivity contribution < 1.29 is 23.5 Å². The third-order valence-electron chi connectivity index (χ3n) is 6.65. The normalized spacial score (nSPS) is 12.8. The molecule has 40 heavy (non-hydrogen) atoms. The highest BCUT2D eigenvalue weighted by Crippen LogP contribution is 2.25. The summed E-state index contributed by atoms with van der Waals surface area (Å²) in [7, 11) is 0. The molecule has 1 aliphatic rings. The van der Waals surface area contributed by atoms with E-state index in [2.05, 4.69) is 29.5 Å². The monoisotopic (exact) mass is 542 g/mol. The number of hydrogen-bond acceptors (Lipinski definition) is 4. The molecule has 8 nitrogen and oxygen atoms in total. The number of H-pyrrole nitrogens is 1. The van der Waals surface area contributed by atoms with Gasteiger partial charge in [-0.2, -0.15) is 0 Å². The van der Waals surface area contributed by atoms with E-state index in [0.29, 0.717) is 28.5 Å². The van der Waals surface area contributed by atoms with E-state index in [9.17, 15) is 18.8 Å². The summed E-state index contributed by atoms with van der Waals surface area (Å²) in [6, 6.07) is 20.9. The molecule has 3 amide bonds. The largest absolute Gasteiger partial charge is 0.457 e. The second-order valence-corrected chi connectivity index (χ2v) is 10.3. The molecule has 0 spiro atoms. The van der Waals surface area contributed by atoms with Crippen LogP contribution in [0.3, 0.4) is 0 Å². The average molecular weight is 543 g/mol. The number of rotatable bonds is 10. The van der Waals surface area contributed by atoms with Crippen LogP contribution in [0.5, 0.6) is 11.5 Å². The van der Waals surface area contributed by atoms with Gasteiger partial charge in [0.15, 0.2) is 0 Å². The zero-order valence-corrected chi connectivity index (χ0v) is 22.4. The molecule has 0 unspecified atom stereocenters. The second kappa shape index (κ2) is 11.6. The van der Waals surface area contributed by atoms with E-state index in [1.807, 2.05) is 24.3 Å². The fraction of sp³-hybridized carbons (Fsp3) is 0.258. The van der Waals surface area contributed by atoms with Crippen molar-refractivity contribution in [1.82, 2.24) is 15.2 Å². The lowest BCUT2D eigenvalue weighted by Gasteiger charge is -2.21. The highest BCUT2D eigenvalue weighted by Gasteiger charge is 2.27. The van der Waals surface area contributed by atoms with Gasteiger partial charge in [0, 0.05) is 17.1 Å². The second-order valence-electron chi connectivity index (χ2n) is 10.3. The number of benzene rings is 3. The number of carbonyl (C=O) groups is 3. The maximum absolute atomic E-state index is 14.2. The van der Waals surface area contributed by atoms with Crippen molar-refractivity contribution in [2.75, 3.05) is 18.4 Å². The van der Waals surface area contributed by atoms with Crippen molar-refractivity contribution >= 4 is 34.3 Å². The first-order valence-electron chi connectivity index (χ1n) is 13.3. The molecule has 0 radical (unpaired) electrons. The average Bonchev–Trinajstić information content (AvgIpc) is 3.63. The number of fused-ring (bicyclic) bond motifs is 1. The first kappa shape index (κ1) is 26.9. The van der Waals surface area contributed by atoms with Crippen molar-refractivity contribution in [2.24, 2.45) is 0 Å². The zero-order valence-electron chi connectivity index (χ0n) is 22.4. The van der Waals surface area contributed by atoms with Crippen LogP contribution in [0.25, 0.3) is 10.9 Å². The Bertz CT molecular complexity index is 1530. The molecule has 1 saturated carbocycles. The number of nitrogens with zero attached hydrogens (tertiary/aromatic N) is 1. The predicted molar refractivity (Wildman–Crippen MR) is 151 cm³/mol. The van der Waals surface area contributed by atoms with E-state index in [-0.39, 0.29) is 36.2 Å². The van der Waals surface area contributed by atoms with Gasteiger partial charge in [-0.05, 0) is 72.9 Å². The summed E-state index contributed by atoms with van der Waals surface area (Å²) >= 11 is 0. The lowest BCUT2D eigenvalue weighted by atomic mass is 10.0. The molecule has 5 rings (SSSR count). The third kappa shape index (κ3) is 6.66. The fourth-order valence-electron chi connectivity index (χ4n) is 4.32. The highest BCUT2D eigenvalue weighted by atomic mass is 19.1. The summed E-state index contributed by atoms with van der Waals surface area (Å²) in [5.41, 5.74) is 2.01. The van der Waals surface area contributed by atoms with Crippen molar-refractivity contribution in [1.29, 1.82) is 0 Å². The third-order valence-corrected chi connectivity index (χ3v) is 6.65. The van der Waals surface area contributed by atoms with E-state index in [1.54, 1.807) is 36.4 Å². The van der Waals surface area contributed by atoms with Crippen LogP contribution in [-0.4, -0.2) is 46.7 Å². The van der Waals surface area contributed by atoms with Gasteiger partial charge in [-0.1, -0.05) is 38.1 Å². The van der Waals surface area contributed by atoms with Crippen molar-refractivity contribution in [3.8, 4) is 11.5 Å². The molecule has 1 aliphatic carbocycles. The molecular formula is C31H31FN4O4. The molecule has 0 atom stereocenters. The van der Waals surface area contributed by atoms with Crippen LogP contribution in [-0.2, 0) is 9.59 Å². The van der Waals surface area contributed by atoms with Crippen LogP contribution in [0.2, 0.25) is 0 Å². The smallest absolute Gasteiger partial charge is 0.271 e. The van der Waals surface area contributed by atoms with Gasteiger partial charge in [-0.3, -0.25) is 14.4 Å². The quantitative estimate of drug-likeness (QED) is 0.243. The number of aromatic amines is 1. The minimum atomic E-state index is -0.580. The van der Waals surface area contributed by atoms with Gasteiger partial charge in [0.25, 0.3) is 5.91 Å². The molecule has 3 aromatic carbocycles. The zero-order chi connectivity index (χ0) is 28.2. The first-order valence-corrected chi connectivity index (χ1v) is 13.3. The Kier molecular flexibility index (Phi) is 7.82. The highest BCUT2D eigenvalue weighted by molar-refractivity contribution is 6.02. The molecule has 0 saturated heterocycles. The number of hydrogen-bond donors (Lipinski definition) is 3. The van der Waals surface area contributed by atoms with Gasteiger partial charge in [-0.25, -0.2) is 4.39 Å². The summed E-state index contributed by atoms with van der Waals surface area (Å²) < 4.78 is 20.1. The summed E-state index contributed by atoms with van der Waals surface area (Å²) in [5, 5.41) is 6.12. The molecular weight excluding hydrogens is 511 g/mol. The molecule has 3 N–H and O–H groups in total.